The van der Waals surface area contributed by atoms with Gasteiger partial charge in [-0.3, -0.25) is 4.79 Å². The maximum Gasteiger partial charge on any atom is 0.248 e. The minimum atomic E-state index is -0.504. The number of carbonyl (C=O) groups excluding carboxylic acids is 1. The van der Waals surface area contributed by atoms with Gasteiger partial charge in [-0.15, -0.1) is 0 Å². The quantitative estimate of drug-likeness (QED) is 0.890. The second kappa shape index (κ2) is 7.58. The molecule has 0 spiro atoms. The molecule has 138 valence electrons. The summed E-state index contributed by atoms with van der Waals surface area (Å²) in [4.78, 5) is 14.0. The van der Waals surface area contributed by atoms with Crippen molar-refractivity contribution in [3.63, 3.8) is 0 Å². The van der Waals surface area contributed by atoms with Gasteiger partial charge in [-0.1, -0.05) is 31.2 Å². The van der Waals surface area contributed by atoms with Crippen LogP contribution in [0.3, 0.4) is 0 Å². The predicted molar refractivity (Wildman–Crippen MR) is 103 cm³/mol. The average Bonchev–Trinajstić information content (AvgIpc) is 2.62. The van der Waals surface area contributed by atoms with Crippen LogP contribution >= 0.6 is 0 Å². The van der Waals surface area contributed by atoms with Gasteiger partial charge in [0.1, 0.15) is 5.82 Å². The van der Waals surface area contributed by atoms with Crippen molar-refractivity contribution >= 4 is 5.91 Å². The molecule has 0 saturated carbocycles. The Hall–Kier alpha value is -2.20. The molecular weight excluding hydrogens is 327 g/mol. The molecule has 0 aliphatic carbocycles. The molecule has 0 atom stereocenters. The van der Waals surface area contributed by atoms with Crippen LogP contribution in [0, 0.1) is 5.82 Å². The summed E-state index contributed by atoms with van der Waals surface area (Å²) in [5.74, 6) is -0.837. The maximum absolute atomic E-state index is 13.6. The largest absolute Gasteiger partial charge is 0.366 e. The van der Waals surface area contributed by atoms with E-state index in [1.807, 2.05) is 0 Å². The Morgan fingerprint density at radius 2 is 1.77 bits per heavy atom. The van der Waals surface area contributed by atoms with Gasteiger partial charge in [-0.25, -0.2) is 4.39 Å². The highest BCUT2D eigenvalue weighted by atomic mass is 19.1. The van der Waals surface area contributed by atoms with Crippen molar-refractivity contribution in [3.8, 4) is 0 Å². The number of aryl methyl sites for hydroxylation is 2. The van der Waals surface area contributed by atoms with Crippen molar-refractivity contribution < 1.29 is 9.18 Å². The molecule has 4 heteroatoms. The molecular formula is C22H27FN2O. The normalized spacial score (nSPS) is 17.2. The third-order valence-electron chi connectivity index (χ3n) is 5.75. The number of nitrogens with two attached hydrogens (primary N) is 1. The molecule has 3 rings (SSSR count). The smallest absolute Gasteiger partial charge is 0.248 e. The van der Waals surface area contributed by atoms with E-state index in [9.17, 15) is 9.18 Å². The van der Waals surface area contributed by atoms with Crippen LogP contribution in [0.15, 0.2) is 42.5 Å². The van der Waals surface area contributed by atoms with Crippen LogP contribution < -0.4 is 5.73 Å². The van der Waals surface area contributed by atoms with E-state index >= 15 is 0 Å². The molecule has 1 amide bonds. The summed E-state index contributed by atoms with van der Waals surface area (Å²) in [6.07, 6.45) is 3.63. The Labute approximate surface area is 155 Å². The molecule has 1 aliphatic heterocycles. The van der Waals surface area contributed by atoms with Crippen LogP contribution in [0.5, 0.6) is 0 Å². The lowest BCUT2D eigenvalue weighted by molar-refractivity contribution is 0.0999. The van der Waals surface area contributed by atoms with Gasteiger partial charge in [-0.2, -0.15) is 0 Å². The number of carbonyl (C=O) groups is 1. The molecule has 0 unspecified atom stereocenters. The lowest BCUT2D eigenvalue weighted by atomic mass is 9.72. The molecule has 1 saturated heterocycles. The van der Waals surface area contributed by atoms with Crippen LogP contribution in [0.1, 0.15) is 46.8 Å². The molecule has 0 bridgehead atoms. The maximum atomic E-state index is 13.6. The third kappa shape index (κ3) is 3.96. The first-order valence-electron chi connectivity index (χ1n) is 9.24. The molecule has 26 heavy (non-hydrogen) atoms. The zero-order valence-electron chi connectivity index (χ0n) is 15.6. The molecule has 2 aromatic carbocycles. The standard InChI is InChI=1S/C22H27FN2O/c1-22(11-13-25(2)14-12-22)20-6-4-3-5-16(20)7-8-17-15-18(23)9-10-19(17)21(24)26/h3-6,9-10,15H,7-8,11-14H2,1-2H3,(H2,24,26). The zero-order chi connectivity index (χ0) is 18.7. The zero-order valence-corrected chi connectivity index (χ0v) is 15.6. The molecule has 0 aromatic heterocycles. The van der Waals surface area contributed by atoms with Gasteiger partial charge in [-0.05, 0) is 86.1 Å². The number of primary amides is 1. The van der Waals surface area contributed by atoms with E-state index in [4.69, 9.17) is 5.73 Å². The lowest BCUT2D eigenvalue weighted by Gasteiger charge is -2.39. The first kappa shape index (κ1) is 18.6. The summed E-state index contributed by atoms with van der Waals surface area (Å²) >= 11 is 0. The first-order chi connectivity index (χ1) is 12.4. The summed E-state index contributed by atoms with van der Waals surface area (Å²) in [6.45, 7) is 4.54. The Morgan fingerprint density at radius 1 is 1.12 bits per heavy atom. The predicted octanol–water partition coefficient (Wildman–Crippen LogP) is 3.69. The number of hydrogen-bond donors (Lipinski definition) is 1. The van der Waals surface area contributed by atoms with Crippen LogP contribution in [0.2, 0.25) is 0 Å². The SMILES string of the molecule is CN1CCC(C)(c2ccccc2CCc2cc(F)ccc2C(N)=O)CC1. The van der Waals surface area contributed by atoms with Crippen molar-refractivity contribution in [2.24, 2.45) is 5.73 Å². The van der Waals surface area contributed by atoms with Gasteiger partial charge in [0.25, 0.3) is 0 Å². The van der Waals surface area contributed by atoms with Gasteiger partial charge in [0.2, 0.25) is 5.91 Å². The second-order valence-electron chi connectivity index (χ2n) is 7.69. The minimum Gasteiger partial charge on any atom is -0.366 e. The number of piperidine rings is 1. The van der Waals surface area contributed by atoms with Crippen LogP contribution in [0.4, 0.5) is 4.39 Å². The highest BCUT2D eigenvalue weighted by Crippen LogP contribution is 2.37. The van der Waals surface area contributed by atoms with Crippen LogP contribution in [-0.2, 0) is 18.3 Å². The first-order valence-corrected chi connectivity index (χ1v) is 9.24. The Balaban J connectivity index is 1.84. The molecule has 3 nitrogen and oxygen atoms in total. The number of likely N-dealkylation sites (tertiary alicyclic amines) is 1. The number of rotatable bonds is 5. The number of benzene rings is 2. The average molecular weight is 354 g/mol. The topological polar surface area (TPSA) is 46.3 Å². The summed E-state index contributed by atoms with van der Waals surface area (Å²) in [7, 11) is 2.17. The summed E-state index contributed by atoms with van der Waals surface area (Å²) in [5, 5.41) is 0. The van der Waals surface area contributed by atoms with Gasteiger partial charge in [0.15, 0.2) is 0 Å². The van der Waals surface area contributed by atoms with Crippen molar-refractivity contribution in [2.45, 2.75) is 38.0 Å². The van der Waals surface area contributed by atoms with E-state index in [-0.39, 0.29) is 11.2 Å². The van der Waals surface area contributed by atoms with E-state index in [2.05, 4.69) is 43.1 Å². The van der Waals surface area contributed by atoms with Gasteiger partial charge in [0, 0.05) is 5.56 Å². The van der Waals surface area contributed by atoms with Crippen molar-refractivity contribution in [1.82, 2.24) is 4.90 Å². The van der Waals surface area contributed by atoms with Crippen molar-refractivity contribution in [2.75, 3.05) is 20.1 Å². The molecule has 1 aliphatic rings. The molecule has 2 aromatic rings. The number of hydrogen-bond acceptors (Lipinski definition) is 2. The molecule has 0 radical (unpaired) electrons. The summed E-state index contributed by atoms with van der Waals surface area (Å²) < 4.78 is 13.6. The number of nitrogens with zero attached hydrogens (tertiary/aromatic N) is 1. The van der Waals surface area contributed by atoms with Gasteiger partial charge >= 0.3 is 0 Å². The van der Waals surface area contributed by atoms with E-state index < -0.39 is 5.91 Å². The highest BCUT2D eigenvalue weighted by molar-refractivity contribution is 5.94. The minimum absolute atomic E-state index is 0.164. The fraction of sp³-hybridized carbons (Fsp3) is 0.409. The Kier molecular flexibility index (Phi) is 5.42. The Morgan fingerprint density at radius 3 is 2.46 bits per heavy atom. The van der Waals surface area contributed by atoms with E-state index in [0.29, 0.717) is 17.5 Å². The van der Waals surface area contributed by atoms with E-state index in [0.717, 1.165) is 32.4 Å². The fourth-order valence-electron chi connectivity index (χ4n) is 3.99. The van der Waals surface area contributed by atoms with Crippen molar-refractivity contribution in [1.29, 1.82) is 0 Å². The monoisotopic (exact) mass is 354 g/mol. The summed E-state index contributed by atoms with van der Waals surface area (Å²) in [5.41, 5.74) is 9.36. The third-order valence-corrected chi connectivity index (χ3v) is 5.75. The van der Waals surface area contributed by atoms with E-state index in [1.54, 1.807) is 0 Å². The van der Waals surface area contributed by atoms with Crippen molar-refractivity contribution in [3.05, 3.63) is 70.5 Å². The van der Waals surface area contributed by atoms with Gasteiger partial charge in [0.05, 0.1) is 0 Å². The fourth-order valence-corrected chi connectivity index (χ4v) is 3.99. The van der Waals surface area contributed by atoms with Crippen LogP contribution in [-0.4, -0.2) is 30.9 Å². The van der Waals surface area contributed by atoms with E-state index in [1.165, 1.54) is 29.3 Å². The lowest BCUT2D eigenvalue weighted by Crippen LogP contribution is -2.39. The molecule has 1 fully saturated rings. The number of halogens is 1. The van der Waals surface area contributed by atoms with Crippen LogP contribution in [0.25, 0.3) is 0 Å². The molecule has 2 N–H and O–H groups in total. The molecule has 1 heterocycles. The summed E-state index contributed by atoms with van der Waals surface area (Å²) in [6, 6.07) is 12.7. The Bertz CT molecular complexity index is 794. The van der Waals surface area contributed by atoms with Gasteiger partial charge < -0.3 is 10.6 Å². The number of amides is 1. The second-order valence-corrected chi connectivity index (χ2v) is 7.69. The highest BCUT2D eigenvalue weighted by Gasteiger charge is 2.32.